The van der Waals surface area contributed by atoms with Crippen LogP contribution in [0.25, 0.3) is 0 Å². The average molecular weight is 343 g/mol. The number of nitrogens with one attached hydrogen (secondary N) is 2. The van der Waals surface area contributed by atoms with Gasteiger partial charge in [0.1, 0.15) is 0 Å². The van der Waals surface area contributed by atoms with Crippen LogP contribution in [0, 0.1) is 17.0 Å². The summed E-state index contributed by atoms with van der Waals surface area (Å²) in [5, 5.41) is 16.4. The van der Waals surface area contributed by atoms with Crippen LogP contribution in [0.2, 0.25) is 0 Å². The van der Waals surface area contributed by atoms with Gasteiger partial charge in [-0.15, -0.1) is 0 Å². The Bertz CT molecular complexity index is 763. The number of anilines is 1. The molecule has 0 saturated heterocycles. The van der Waals surface area contributed by atoms with Gasteiger partial charge in [0.25, 0.3) is 5.69 Å². The number of thiocarbonyl (C=S) groups is 1. The topological polar surface area (TPSA) is 84.3 Å². The van der Waals surface area contributed by atoms with Crippen LogP contribution >= 0.6 is 12.2 Å². The van der Waals surface area contributed by atoms with Gasteiger partial charge in [-0.25, -0.2) is 0 Å². The molecule has 1 amide bonds. The van der Waals surface area contributed by atoms with Gasteiger partial charge in [0, 0.05) is 23.7 Å². The highest BCUT2D eigenvalue weighted by molar-refractivity contribution is 7.80. The first-order chi connectivity index (χ1) is 11.5. The molecule has 2 aromatic rings. The summed E-state index contributed by atoms with van der Waals surface area (Å²) in [5.41, 5.74) is 2.09. The van der Waals surface area contributed by atoms with Gasteiger partial charge in [-0.2, -0.15) is 0 Å². The van der Waals surface area contributed by atoms with Crippen LogP contribution in [-0.4, -0.2) is 15.9 Å². The smallest absolute Gasteiger partial charge is 0.274 e. The van der Waals surface area contributed by atoms with E-state index < -0.39 is 4.92 Å². The van der Waals surface area contributed by atoms with E-state index in [1.165, 1.54) is 6.07 Å². The molecule has 6 nitrogen and oxygen atoms in total. The van der Waals surface area contributed by atoms with Crippen molar-refractivity contribution in [3.05, 3.63) is 69.8 Å². The molecule has 0 radical (unpaired) electrons. The van der Waals surface area contributed by atoms with E-state index in [1.54, 1.807) is 19.1 Å². The Morgan fingerprint density at radius 2 is 1.92 bits per heavy atom. The average Bonchev–Trinajstić information content (AvgIpc) is 2.55. The number of hydrogen-bond acceptors (Lipinski definition) is 4. The van der Waals surface area contributed by atoms with Crippen LogP contribution in [0.3, 0.4) is 0 Å². The van der Waals surface area contributed by atoms with Crippen molar-refractivity contribution in [2.45, 2.75) is 19.8 Å². The lowest BCUT2D eigenvalue weighted by atomic mass is 10.1. The molecule has 0 aliphatic heterocycles. The van der Waals surface area contributed by atoms with E-state index in [9.17, 15) is 14.9 Å². The molecule has 124 valence electrons. The molecular formula is C17H17N3O3S. The van der Waals surface area contributed by atoms with Gasteiger partial charge in [-0.05, 0) is 37.2 Å². The largest absolute Gasteiger partial charge is 0.332 e. The predicted molar refractivity (Wildman–Crippen MR) is 97.0 cm³/mol. The molecule has 0 fully saturated rings. The highest BCUT2D eigenvalue weighted by atomic mass is 32.1. The molecule has 0 unspecified atom stereocenters. The van der Waals surface area contributed by atoms with E-state index >= 15 is 0 Å². The fourth-order valence-electron chi connectivity index (χ4n) is 2.14. The minimum Gasteiger partial charge on any atom is -0.332 e. The monoisotopic (exact) mass is 343 g/mol. The van der Waals surface area contributed by atoms with Gasteiger partial charge in [-0.1, -0.05) is 36.4 Å². The highest BCUT2D eigenvalue weighted by Crippen LogP contribution is 2.22. The molecule has 0 atom stereocenters. The lowest BCUT2D eigenvalue weighted by molar-refractivity contribution is -0.385. The minimum absolute atomic E-state index is 0.00166. The number of aryl methyl sites for hydroxylation is 2. The van der Waals surface area contributed by atoms with Crippen LogP contribution in [0.15, 0.2) is 48.5 Å². The Labute approximate surface area is 145 Å². The number of nitro benzene ring substituents is 1. The van der Waals surface area contributed by atoms with Crippen molar-refractivity contribution < 1.29 is 9.72 Å². The number of nitrogens with zero attached hydrogens (tertiary/aromatic N) is 1. The highest BCUT2D eigenvalue weighted by Gasteiger charge is 2.12. The summed E-state index contributed by atoms with van der Waals surface area (Å²) in [6.45, 7) is 1.66. The third-order valence-electron chi connectivity index (χ3n) is 3.40. The van der Waals surface area contributed by atoms with Crippen LogP contribution in [0.4, 0.5) is 11.4 Å². The van der Waals surface area contributed by atoms with Crippen LogP contribution in [0.1, 0.15) is 17.5 Å². The zero-order valence-corrected chi connectivity index (χ0v) is 13.9. The summed E-state index contributed by atoms with van der Waals surface area (Å²) in [6.07, 6.45) is 0.922. The first kappa shape index (κ1) is 17.6. The molecule has 0 bridgehead atoms. The Kier molecular flexibility index (Phi) is 5.97. The molecule has 0 saturated carbocycles. The van der Waals surface area contributed by atoms with E-state index in [2.05, 4.69) is 10.6 Å². The Morgan fingerprint density at radius 3 is 2.58 bits per heavy atom. The number of benzene rings is 2. The van der Waals surface area contributed by atoms with Crippen molar-refractivity contribution >= 4 is 34.6 Å². The molecule has 2 N–H and O–H groups in total. The summed E-state index contributed by atoms with van der Waals surface area (Å²) in [7, 11) is 0. The fraction of sp³-hybridized carbons (Fsp3) is 0.176. The molecule has 7 heteroatoms. The second-order valence-corrected chi connectivity index (χ2v) is 5.65. The van der Waals surface area contributed by atoms with Gasteiger partial charge >= 0.3 is 0 Å². The zero-order valence-electron chi connectivity index (χ0n) is 13.1. The fourth-order valence-corrected chi connectivity index (χ4v) is 2.37. The molecule has 0 aliphatic carbocycles. The molecule has 0 aromatic heterocycles. The van der Waals surface area contributed by atoms with E-state index in [4.69, 9.17) is 12.2 Å². The standard InChI is InChI=1S/C17H17N3O3S/c1-12-7-9-14(11-15(12)20(22)23)18-17(24)19-16(21)10-8-13-5-3-2-4-6-13/h2-7,9,11H,8,10H2,1H3,(H2,18,19,21,24). The summed E-state index contributed by atoms with van der Waals surface area (Å²) < 4.78 is 0. The first-order valence-electron chi connectivity index (χ1n) is 7.35. The lowest BCUT2D eigenvalue weighted by Crippen LogP contribution is -2.34. The van der Waals surface area contributed by atoms with Crippen LogP contribution < -0.4 is 10.6 Å². The van der Waals surface area contributed by atoms with E-state index in [0.29, 0.717) is 24.1 Å². The van der Waals surface area contributed by atoms with E-state index in [-0.39, 0.29) is 16.7 Å². The minimum atomic E-state index is -0.456. The quantitative estimate of drug-likeness (QED) is 0.494. The molecule has 2 aromatic carbocycles. The predicted octanol–water partition coefficient (Wildman–Crippen LogP) is 3.35. The summed E-state index contributed by atoms with van der Waals surface area (Å²) in [5.74, 6) is -0.210. The third-order valence-corrected chi connectivity index (χ3v) is 3.60. The van der Waals surface area contributed by atoms with Crippen LogP contribution in [0.5, 0.6) is 0 Å². The number of hydrogen-bond donors (Lipinski definition) is 2. The van der Waals surface area contributed by atoms with Crippen molar-refractivity contribution in [2.75, 3.05) is 5.32 Å². The summed E-state index contributed by atoms with van der Waals surface area (Å²) >= 11 is 5.07. The number of rotatable bonds is 5. The third kappa shape index (κ3) is 5.13. The normalized spacial score (nSPS) is 10.0. The van der Waals surface area contributed by atoms with Crippen molar-refractivity contribution in [3.8, 4) is 0 Å². The zero-order chi connectivity index (χ0) is 17.5. The van der Waals surface area contributed by atoms with Gasteiger partial charge in [0.2, 0.25) is 5.91 Å². The lowest BCUT2D eigenvalue weighted by Gasteiger charge is -2.10. The van der Waals surface area contributed by atoms with Crippen molar-refractivity contribution in [1.82, 2.24) is 5.32 Å². The molecule has 0 heterocycles. The maximum Gasteiger partial charge on any atom is 0.274 e. The van der Waals surface area contributed by atoms with Crippen LogP contribution in [-0.2, 0) is 11.2 Å². The second kappa shape index (κ2) is 8.16. The van der Waals surface area contributed by atoms with Crippen molar-refractivity contribution in [3.63, 3.8) is 0 Å². The maximum absolute atomic E-state index is 11.9. The van der Waals surface area contributed by atoms with E-state index in [1.807, 2.05) is 30.3 Å². The number of carbonyl (C=O) groups is 1. The van der Waals surface area contributed by atoms with Gasteiger partial charge in [-0.3, -0.25) is 14.9 Å². The SMILES string of the molecule is Cc1ccc(NC(=S)NC(=O)CCc2ccccc2)cc1[N+](=O)[O-]. The molecular weight excluding hydrogens is 326 g/mol. The molecule has 24 heavy (non-hydrogen) atoms. The molecule has 2 rings (SSSR count). The van der Waals surface area contributed by atoms with E-state index in [0.717, 1.165) is 5.56 Å². The summed E-state index contributed by atoms with van der Waals surface area (Å²) in [6, 6.07) is 14.4. The van der Waals surface area contributed by atoms with Gasteiger partial charge in [0.15, 0.2) is 5.11 Å². The van der Waals surface area contributed by atoms with Gasteiger partial charge in [0.05, 0.1) is 4.92 Å². The Balaban J connectivity index is 1.87. The maximum atomic E-state index is 11.9. The number of carbonyl (C=O) groups excluding carboxylic acids is 1. The first-order valence-corrected chi connectivity index (χ1v) is 7.76. The Morgan fingerprint density at radius 1 is 1.21 bits per heavy atom. The van der Waals surface area contributed by atoms with Crippen molar-refractivity contribution in [2.24, 2.45) is 0 Å². The van der Waals surface area contributed by atoms with Gasteiger partial charge < -0.3 is 10.6 Å². The molecule has 0 spiro atoms. The Hall–Kier alpha value is -2.80. The number of amides is 1. The summed E-state index contributed by atoms with van der Waals surface area (Å²) in [4.78, 5) is 22.4. The number of nitro groups is 1. The van der Waals surface area contributed by atoms with Crippen molar-refractivity contribution in [1.29, 1.82) is 0 Å². The molecule has 0 aliphatic rings. The second-order valence-electron chi connectivity index (χ2n) is 5.25.